The first-order chi connectivity index (χ1) is 13.1. The van der Waals surface area contributed by atoms with Crippen LogP contribution in [0.15, 0.2) is 0 Å². The van der Waals surface area contributed by atoms with Gasteiger partial charge < -0.3 is 4.74 Å². The van der Waals surface area contributed by atoms with E-state index in [9.17, 15) is 13.2 Å². The van der Waals surface area contributed by atoms with Crippen LogP contribution >= 0.6 is 0 Å². The maximum Gasteiger partial charge on any atom is 0.305 e. The predicted molar refractivity (Wildman–Crippen MR) is 111 cm³/mol. The Morgan fingerprint density at radius 2 is 1.26 bits per heavy atom. The molecule has 0 saturated heterocycles. The van der Waals surface area contributed by atoms with Gasteiger partial charge in [0.1, 0.15) is 0 Å². The highest BCUT2D eigenvalue weighted by Gasteiger charge is 2.30. The van der Waals surface area contributed by atoms with Gasteiger partial charge in [-0.3, -0.25) is 4.79 Å². The molecular weight excluding hydrogens is 362 g/mol. The molecule has 0 amide bonds. The van der Waals surface area contributed by atoms with E-state index >= 15 is 0 Å². The number of rotatable bonds is 18. The number of unbranched alkanes of at least 4 members (excludes halogenated alkanes) is 12. The molecule has 1 saturated carbocycles. The summed E-state index contributed by atoms with van der Waals surface area (Å²) in [5, 5.41) is -0.114. The lowest BCUT2D eigenvalue weighted by Gasteiger charge is -2.25. The van der Waals surface area contributed by atoms with Crippen LogP contribution in [0, 0.1) is 0 Å². The van der Waals surface area contributed by atoms with Crippen molar-refractivity contribution in [3.8, 4) is 0 Å². The Bertz CT molecular complexity index is 475. The number of methoxy groups -OCH3 is 1. The molecule has 0 aromatic carbocycles. The molecular formula is C21H41NO4S. The van der Waals surface area contributed by atoms with Gasteiger partial charge >= 0.3 is 5.97 Å². The molecule has 0 aromatic rings. The second-order valence-corrected chi connectivity index (χ2v) is 9.96. The van der Waals surface area contributed by atoms with E-state index in [4.69, 9.17) is 0 Å². The predicted octanol–water partition coefficient (Wildman–Crippen LogP) is 5.09. The Morgan fingerprint density at radius 1 is 0.815 bits per heavy atom. The molecule has 0 aromatic heterocycles. The largest absolute Gasteiger partial charge is 0.469 e. The minimum absolute atomic E-state index is 0.0926. The molecule has 27 heavy (non-hydrogen) atoms. The molecule has 1 aliphatic carbocycles. The van der Waals surface area contributed by atoms with Crippen molar-refractivity contribution in [2.75, 3.05) is 13.7 Å². The van der Waals surface area contributed by atoms with Crippen LogP contribution < -0.4 is 4.72 Å². The van der Waals surface area contributed by atoms with Gasteiger partial charge in [0.05, 0.1) is 12.4 Å². The third-order valence-corrected chi connectivity index (χ3v) is 7.54. The molecule has 1 aliphatic rings. The fourth-order valence-corrected chi connectivity index (χ4v) is 5.07. The van der Waals surface area contributed by atoms with Gasteiger partial charge in [0.2, 0.25) is 10.0 Å². The molecule has 0 bridgehead atoms. The lowest BCUT2D eigenvalue weighted by atomic mass is 10.0. The van der Waals surface area contributed by atoms with Gasteiger partial charge in [0.25, 0.3) is 0 Å². The monoisotopic (exact) mass is 403 g/mol. The van der Waals surface area contributed by atoms with Crippen LogP contribution in [0.1, 0.15) is 109 Å². The molecule has 1 rings (SSSR count). The standard InChI is InChI=1S/C21H41NO4S/c1-26-21(23)18-13-11-9-7-5-3-2-4-6-8-10-12-14-19-22-27(24,25)20-16-15-17-20/h20,22H,2-19H2,1H3. The fourth-order valence-electron chi connectivity index (χ4n) is 3.45. The van der Waals surface area contributed by atoms with Crippen LogP contribution in [0.25, 0.3) is 0 Å². The van der Waals surface area contributed by atoms with Crippen molar-refractivity contribution in [1.82, 2.24) is 4.72 Å². The third-order valence-electron chi connectivity index (χ3n) is 5.58. The van der Waals surface area contributed by atoms with Crippen LogP contribution in [0.2, 0.25) is 0 Å². The molecule has 1 N–H and O–H groups in total. The first kappa shape index (κ1) is 24.4. The van der Waals surface area contributed by atoms with Crippen molar-refractivity contribution in [3.63, 3.8) is 0 Å². The summed E-state index contributed by atoms with van der Waals surface area (Å²) in [5.74, 6) is -0.0926. The van der Waals surface area contributed by atoms with E-state index in [1.807, 2.05) is 0 Å². The van der Waals surface area contributed by atoms with E-state index in [0.717, 1.165) is 44.9 Å². The summed E-state index contributed by atoms with van der Waals surface area (Å²) in [7, 11) is -1.57. The first-order valence-electron chi connectivity index (χ1n) is 11.1. The van der Waals surface area contributed by atoms with E-state index < -0.39 is 10.0 Å². The number of sulfonamides is 1. The summed E-state index contributed by atoms with van der Waals surface area (Å²) in [5.41, 5.74) is 0. The zero-order valence-corrected chi connectivity index (χ0v) is 18.2. The maximum absolute atomic E-state index is 11.9. The van der Waals surface area contributed by atoms with E-state index in [1.54, 1.807) is 0 Å². The number of hydrogen-bond acceptors (Lipinski definition) is 4. The van der Waals surface area contributed by atoms with Crippen molar-refractivity contribution in [2.45, 2.75) is 114 Å². The zero-order chi connectivity index (χ0) is 19.8. The van der Waals surface area contributed by atoms with Crippen LogP contribution in [0.5, 0.6) is 0 Å². The van der Waals surface area contributed by atoms with E-state index in [0.29, 0.717) is 13.0 Å². The van der Waals surface area contributed by atoms with Crippen molar-refractivity contribution in [3.05, 3.63) is 0 Å². The van der Waals surface area contributed by atoms with Crippen LogP contribution in [-0.2, 0) is 19.6 Å². The van der Waals surface area contributed by atoms with Gasteiger partial charge in [-0.05, 0) is 25.7 Å². The summed E-state index contributed by atoms with van der Waals surface area (Å²) in [6, 6.07) is 0. The summed E-state index contributed by atoms with van der Waals surface area (Å²) >= 11 is 0. The average Bonchev–Trinajstić information content (AvgIpc) is 2.59. The second kappa shape index (κ2) is 15.3. The van der Waals surface area contributed by atoms with Crippen LogP contribution in [0.3, 0.4) is 0 Å². The summed E-state index contributed by atoms with van der Waals surface area (Å²) in [4.78, 5) is 11.0. The molecule has 1 fully saturated rings. The Kier molecular flexibility index (Phi) is 13.9. The van der Waals surface area contributed by atoms with Gasteiger partial charge in [-0.15, -0.1) is 0 Å². The number of hydrogen-bond donors (Lipinski definition) is 1. The second-order valence-electron chi connectivity index (χ2n) is 7.91. The van der Waals surface area contributed by atoms with Crippen molar-refractivity contribution in [1.29, 1.82) is 0 Å². The summed E-state index contributed by atoms with van der Waals surface area (Å²) < 4.78 is 31.1. The number of ether oxygens (including phenoxy) is 1. The van der Waals surface area contributed by atoms with E-state index in [1.165, 1.54) is 64.9 Å². The molecule has 160 valence electrons. The summed E-state index contributed by atoms with van der Waals surface area (Å²) in [6.45, 7) is 0.610. The molecule has 0 heterocycles. The third kappa shape index (κ3) is 12.5. The van der Waals surface area contributed by atoms with Crippen LogP contribution in [-0.4, -0.2) is 33.3 Å². The lowest BCUT2D eigenvalue weighted by Crippen LogP contribution is -2.38. The van der Waals surface area contributed by atoms with E-state index in [-0.39, 0.29) is 11.2 Å². The molecule has 0 aliphatic heterocycles. The molecule has 6 heteroatoms. The van der Waals surface area contributed by atoms with Gasteiger partial charge in [-0.1, -0.05) is 77.0 Å². The molecule has 5 nitrogen and oxygen atoms in total. The van der Waals surface area contributed by atoms with E-state index in [2.05, 4.69) is 9.46 Å². The topological polar surface area (TPSA) is 72.5 Å². The Labute approximate surface area is 167 Å². The number of esters is 1. The van der Waals surface area contributed by atoms with Crippen LogP contribution in [0.4, 0.5) is 0 Å². The lowest BCUT2D eigenvalue weighted by molar-refractivity contribution is -0.140. The van der Waals surface area contributed by atoms with Crippen molar-refractivity contribution in [2.24, 2.45) is 0 Å². The summed E-state index contributed by atoms with van der Waals surface area (Å²) in [6.07, 6.45) is 19.0. The molecule has 0 radical (unpaired) electrons. The average molecular weight is 404 g/mol. The minimum Gasteiger partial charge on any atom is -0.469 e. The highest BCUT2D eigenvalue weighted by atomic mass is 32.2. The number of carbonyl (C=O) groups excluding carboxylic acids is 1. The van der Waals surface area contributed by atoms with Gasteiger partial charge in [0.15, 0.2) is 0 Å². The van der Waals surface area contributed by atoms with Crippen molar-refractivity contribution >= 4 is 16.0 Å². The smallest absolute Gasteiger partial charge is 0.305 e. The first-order valence-corrected chi connectivity index (χ1v) is 12.7. The van der Waals surface area contributed by atoms with Crippen molar-refractivity contribution < 1.29 is 17.9 Å². The normalized spacial score (nSPS) is 14.9. The number of nitrogens with one attached hydrogen (secondary N) is 1. The molecule has 0 atom stereocenters. The zero-order valence-electron chi connectivity index (χ0n) is 17.3. The molecule has 0 spiro atoms. The highest BCUT2D eigenvalue weighted by molar-refractivity contribution is 7.90. The van der Waals surface area contributed by atoms with Gasteiger partial charge in [0, 0.05) is 13.0 Å². The Hall–Kier alpha value is -0.620. The molecule has 0 unspecified atom stereocenters. The van der Waals surface area contributed by atoms with Gasteiger partial charge in [-0.25, -0.2) is 13.1 Å². The quantitative estimate of drug-likeness (QED) is 0.255. The fraction of sp³-hybridized carbons (Fsp3) is 0.952. The number of carbonyl (C=O) groups is 1. The Morgan fingerprint density at radius 3 is 1.67 bits per heavy atom. The maximum atomic E-state index is 11.9. The van der Waals surface area contributed by atoms with Gasteiger partial charge in [-0.2, -0.15) is 0 Å². The SMILES string of the molecule is COC(=O)CCCCCCCCCCCCCCCNS(=O)(=O)C1CCC1. The Balaban J connectivity index is 1.74. The minimum atomic E-state index is -3.02. The highest BCUT2D eigenvalue weighted by Crippen LogP contribution is 2.25.